The van der Waals surface area contributed by atoms with E-state index in [0.717, 1.165) is 24.8 Å². The molecule has 26 heavy (non-hydrogen) atoms. The number of hydrogen-bond donors (Lipinski definition) is 1. The van der Waals surface area contributed by atoms with Gasteiger partial charge in [-0.15, -0.1) is 0 Å². The second-order valence-corrected chi connectivity index (χ2v) is 8.16. The molecule has 0 saturated carbocycles. The van der Waals surface area contributed by atoms with Crippen molar-refractivity contribution in [2.24, 2.45) is 0 Å². The number of rotatable bonds is 5. The molecule has 1 heterocycles. The average molecular weight is 370 g/mol. The van der Waals surface area contributed by atoms with Crippen LogP contribution >= 0.6 is 0 Å². The summed E-state index contributed by atoms with van der Waals surface area (Å²) in [5.41, 5.74) is 1.50. The molecule has 136 valence electrons. The summed E-state index contributed by atoms with van der Waals surface area (Å²) in [6.45, 7) is 1.15. The highest BCUT2D eigenvalue weighted by atomic mass is 32.2. The van der Waals surface area contributed by atoms with Crippen LogP contribution in [-0.2, 0) is 14.8 Å². The highest BCUT2D eigenvalue weighted by Gasteiger charge is 2.25. The molecule has 1 fully saturated rings. The summed E-state index contributed by atoms with van der Waals surface area (Å²) in [6, 6.07) is 15.8. The van der Waals surface area contributed by atoms with Gasteiger partial charge < -0.3 is 5.32 Å². The smallest absolute Gasteiger partial charge is 0.248 e. The maximum Gasteiger partial charge on any atom is 0.248 e. The molecular formula is C20H22N2O3S. The van der Waals surface area contributed by atoms with Crippen LogP contribution in [0.2, 0.25) is 0 Å². The Hall–Kier alpha value is -2.44. The van der Waals surface area contributed by atoms with Gasteiger partial charge in [-0.3, -0.25) is 4.79 Å². The lowest BCUT2D eigenvalue weighted by molar-refractivity contribution is -0.111. The van der Waals surface area contributed by atoms with Gasteiger partial charge in [0.15, 0.2) is 0 Å². The molecule has 1 N–H and O–H groups in total. The Kier molecular flexibility index (Phi) is 5.85. The lowest BCUT2D eigenvalue weighted by atomic mass is 10.2. The molecule has 1 amide bonds. The molecule has 0 aliphatic carbocycles. The quantitative estimate of drug-likeness (QED) is 0.819. The Morgan fingerprint density at radius 3 is 2.23 bits per heavy atom. The third kappa shape index (κ3) is 4.59. The van der Waals surface area contributed by atoms with E-state index < -0.39 is 10.0 Å². The Balaban J connectivity index is 1.64. The third-order valence-electron chi connectivity index (χ3n) is 4.30. The molecule has 1 aliphatic rings. The molecule has 0 atom stereocenters. The summed E-state index contributed by atoms with van der Waals surface area (Å²) in [5.74, 6) is -0.263. The van der Waals surface area contributed by atoms with Crippen molar-refractivity contribution in [1.29, 1.82) is 0 Å². The van der Waals surface area contributed by atoms with E-state index in [1.165, 1.54) is 10.4 Å². The molecule has 2 aromatic carbocycles. The van der Waals surface area contributed by atoms with Gasteiger partial charge in [-0.2, -0.15) is 4.31 Å². The maximum absolute atomic E-state index is 12.6. The average Bonchev–Trinajstić information content (AvgIpc) is 2.68. The first-order chi connectivity index (χ1) is 12.6. The zero-order valence-corrected chi connectivity index (χ0v) is 15.3. The number of amides is 1. The minimum Gasteiger partial charge on any atom is -0.323 e. The lowest BCUT2D eigenvalue weighted by Crippen LogP contribution is -2.35. The molecule has 0 aromatic heterocycles. The molecule has 0 spiro atoms. The topological polar surface area (TPSA) is 66.5 Å². The molecule has 6 heteroatoms. The van der Waals surface area contributed by atoms with E-state index >= 15 is 0 Å². The number of carbonyl (C=O) groups excluding carboxylic acids is 1. The van der Waals surface area contributed by atoms with Crippen molar-refractivity contribution < 1.29 is 13.2 Å². The number of benzene rings is 2. The summed E-state index contributed by atoms with van der Waals surface area (Å²) in [7, 11) is -3.45. The fraction of sp³-hybridized carbons (Fsp3) is 0.250. The van der Waals surface area contributed by atoms with Crippen LogP contribution in [0.5, 0.6) is 0 Å². The van der Waals surface area contributed by atoms with E-state index in [2.05, 4.69) is 5.32 Å². The van der Waals surface area contributed by atoms with E-state index in [1.54, 1.807) is 30.3 Å². The first-order valence-electron chi connectivity index (χ1n) is 8.70. The number of nitrogens with one attached hydrogen (secondary N) is 1. The van der Waals surface area contributed by atoms with Crippen molar-refractivity contribution in [1.82, 2.24) is 4.31 Å². The zero-order chi connectivity index (χ0) is 18.4. The van der Waals surface area contributed by atoms with Crippen LogP contribution in [0, 0.1) is 0 Å². The summed E-state index contributed by atoms with van der Waals surface area (Å²) < 4.78 is 26.7. The predicted molar refractivity (Wildman–Crippen MR) is 103 cm³/mol. The first-order valence-corrected chi connectivity index (χ1v) is 10.1. The normalized spacial score (nSPS) is 15.8. The van der Waals surface area contributed by atoms with E-state index in [4.69, 9.17) is 0 Å². The van der Waals surface area contributed by atoms with Gasteiger partial charge in [0.05, 0.1) is 4.90 Å². The number of hydrogen-bond acceptors (Lipinski definition) is 3. The van der Waals surface area contributed by atoms with Gasteiger partial charge in [0.1, 0.15) is 0 Å². The van der Waals surface area contributed by atoms with Crippen LogP contribution in [0.3, 0.4) is 0 Å². The van der Waals surface area contributed by atoms with Crippen LogP contribution in [-0.4, -0.2) is 31.7 Å². The van der Waals surface area contributed by atoms with Gasteiger partial charge in [-0.05, 0) is 48.7 Å². The van der Waals surface area contributed by atoms with Crippen LogP contribution in [0.1, 0.15) is 24.8 Å². The lowest BCUT2D eigenvalue weighted by Gasteiger charge is -2.25. The van der Waals surface area contributed by atoms with Gasteiger partial charge in [0.25, 0.3) is 0 Å². The fourth-order valence-corrected chi connectivity index (χ4v) is 4.40. The Morgan fingerprint density at radius 1 is 0.923 bits per heavy atom. The predicted octanol–water partition coefficient (Wildman–Crippen LogP) is 3.51. The summed E-state index contributed by atoms with van der Waals surface area (Å²) in [6.07, 6.45) is 6.06. The summed E-state index contributed by atoms with van der Waals surface area (Å²) >= 11 is 0. The number of piperidine rings is 1. The van der Waals surface area contributed by atoms with Crippen molar-refractivity contribution in [3.05, 3.63) is 66.2 Å². The van der Waals surface area contributed by atoms with E-state index in [-0.39, 0.29) is 10.8 Å². The minimum absolute atomic E-state index is 0.261. The van der Waals surface area contributed by atoms with E-state index in [0.29, 0.717) is 18.8 Å². The van der Waals surface area contributed by atoms with Gasteiger partial charge in [0.2, 0.25) is 15.9 Å². The Morgan fingerprint density at radius 2 is 1.58 bits per heavy atom. The van der Waals surface area contributed by atoms with Crippen molar-refractivity contribution >= 4 is 27.7 Å². The molecular weight excluding hydrogens is 348 g/mol. The van der Waals surface area contributed by atoms with Gasteiger partial charge in [-0.25, -0.2) is 8.42 Å². The highest BCUT2D eigenvalue weighted by molar-refractivity contribution is 7.89. The van der Waals surface area contributed by atoms with Crippen molar-refractivity contribution in [3.63, 3.8) is 0 Å². The van der Waals surface area contributed by atoms with Gasteiger partial charge >= 0.3 is 0 Å². The largest absolute Gasteiger partial charge is 0.323 e. The molecule has 0 radical (unpaired) electrons. The fourth-order valence-electron chi connectivity index (χ4n) is 2.88. The summed E-state index contributed by atoms with van der Waals surface area (Å²) in [5, 5.41) is 2.74. The maximum atomic E-state index is 12.6. The van der Waals surface area contributed by atoms with E-state index in [9.17, 15) is 13.2 Å². The van der Waals surface area contributed by atoms with Crippen molar-refractivity contribution in [3.8, 4) is 0 Å². The van der Waals surface area contributed by atoms with Crippen LogP contribution in [0.25, 0.3) is 6.08 Å². The molecule has 0 unspecified atom stereocenters. The standard InChI is InChI=1S/C20H22N2O3S/c23-20(14-9-17-7-3-1-4-8-17)21-18-10-12-19(13-11-18)26(24,25)22-15-5-2-6-16-22/h1,3-4,7-14H,2,5-6,15-16H2,(H,21,23)/b14-9-. The second-order valence-electron chi connectivity index (χ2n) is 6.22. The SMILES string of the molecule is O=C(/C=C\c1ccccc1)Nc1ccc(S(=O)(=O)N2CCCCC2)cc1. The van der Waals surface area contributed by atoms with Crippen LogP contribution < -0.4 is 5.32 Å². The van der Waals surface area contributed by atoms with Crippen molar-refractivity contribution in [2.45, 2.75) is 24.2 Å². The number of anilines is 1. The van der Waals surface area contributed by atoms with Crippen LogP contribution in [0.4, 0.5) is 5.69 Å². The molecule has 5 nitrogen and oxygen atoms in total. The second kappa shape index (κ2) is 8.29. The third-order valence-corrected chi connectivity index (χ3v) is 6.21. The molecule has 2 aromatic rings. The minimum atomic E-state index is -3.45. The zero-order valence-electron chi connectivity index (χ0n) is 14.5. The Labute approximate surface area is 154 Å². The molecule has 3 rings (SSSR count). The van der Waals surface area contributed by atoms with Crippen molar-refractivity contribution in [2.75, 3.05) is 18.4 Å². The van der Waals surface area contributed by atoms with E-state index in [1.807, 2.05) is 30.3 Å². The summed E-state index contributed by atoms with van der Waals surface area (Å²) in [4.78, 5) is 12.3. The van der Waals surface area contributed by atoms with Gasteiger partial charge in [0, 0.05) is 24.9 Å². The monoisotopic (exact) mass is 370 g/mol. The van der Waals surface area contributed by atoms with Gasteiger partial charge in [-0.1, -0.05) is 36.8 Å². The van der Waals surface area contributed by atoms with Crippen LogP contribution in [0.15, 0.2) is 65.6 Å². The number of sulfonamides is 1. The molecule has 0 bridgehead atoms. The molecule has 1 aliphatic heterocycles. The number of nitrogens with zero attached hydrogens (tertiary/aromatic N) is 1. The number of carbonyl (C=O) groups is 1. The highest BCUT2D eigenvalue weighted by Crippen LogP contribution is 2.22. The molecule has 1 saturated heterocycles. The Bertz CT molecular complexity index is 869. The first kappa shape index (κ1) is 18.4.